The first-order valence-electron chi connectivity index (χ1n) is 9.08. The molecule has 0 spiro atoms. The number of hydrogen-bond donors (Lipinski definition) is 0. The van der Waals surface area contributed by atoms with Crippen LogP contribution in [0, 0.1) is 23.3 Å². The zero-order valence-electron chi connectivity index (χ0n) is 16.0. The van der Waals surface area contributed by atoms with E-state index in [0.29, 0.717) is 17.0 Å². The predicted molar refractivity (Wildman–Crippen MR) is 107 cm³/mol. The van der Waals surface area contributed by atoms with Crippen molar-refractivity contribution >= 4 is 5.57 Å². The number of halogens is 4. The highest BCUT2D eigenvalue weighted by atomic mass is 19.1. The normalized spacial score (nSPS) is 13.1. The van der Waals surface area contributed by atoms with Crippen molar-refractivity contribution in [3.63, 3.8) is 0 Å². The monoisotopic (exact) mass is 397 g/mol. The van der Waals surface area contributed by atoms with Crippen LogP contribution in [0.4, 0.5) is 17.6 Å². The maximum absolute atomic E-state index is 14.0. The summed E-state index contributed by atoms with van der Waals surface area (Å²) in [6, 6.07) is 11.7. The summed E-state index contributed by atoms with van der Waals surface area (Å²) in [5.41, 5.74) is 1.89. The van der Waals surface area contributed by atoms with E-state index < -0.39 is 23.3 Å². The Bertz CT molecular complexity index is 1090. The summed E-state index contributed by atoms with van der Waals surface area (Å²) in [6.07, 6.45) is 5.26. The lowest BCUT2D eigenvalue weighted by Gasteiger charge is -2.09. The molecule has 5 heteroatoms. The molecule has 0 saturated heterocycles. The molecule has 0 fully saturated rings. The third-order valence-corrected chi connectivity index (χ3v) is 4.54. The van der Waals surface area contributed by atoms with E-state index in [4.69, 9.17) is 0 Å². The van der Waals surface area contributed by atoms with Crippen molar-refractivity contribution in [1.82, 2.24) is 4.98 Å². The van der Waals surface area contributed by atoms with E-state index >= 15 is 0 Å². The Morgan fingerprint density at radius 3 is 2.34 bits per heavy atom. The van der Waals surface area contributed by atoms with Crippen molar-refractivity contribution in [1.29, 1.82) is 0 Å². The van der Waals surface area contributed by atoms with Crippen LogP contribution in [0.15, 0.2) is 72.8 Å². The number of aromatic nitrogens is 1. The molecule has 2 aromatic carbocycles. The molecule has 0 aliphatic carbocycles. The average molecular weight is 397 g/mol. The standard InChI is InChI=1S/C24H19F4N/c1-15(19-13-17(25)9-11-21(19)27)5-3-6-16(2)23-7-4-8-24(29-23)20-14-18(26)10-12-22(20)28/h3-14,16H,1-2H3/b6-3-,15-5+. The van der Waals surface area contributed by atoms with Crippen LogP contribution in [-0.2, 0) is 0 Å². The van der Waals surface area contributed by atoms with E-state index in [-0.39, 0.29) is 17.0 Å². The fraction of sp³-hybridized carbons (Fsp3) is 0.125. The molecule has 0 bridgehead atoms. The van der Waals surface area contributed by atoms with Gasteiger partial charge in [0.2, 0.25) is 0 Å². The van der Waals surface area contributed by atoms with Gasteiger partial charge in [0.1, 0.15) is 23.3 Å². The fourth-order valence-corrected chi connectivity index (χ4v) is 2.90. The van der Waals surface area contributed by atoms with Gasteiger partial charge in [-0.05, 0) is 61.0 Å². The minimum Gasteiger partial charge on any atom is -0.252 e. The van der Waals surface area contributed by atoms with Gasteiger partial charge in [0, 0.05) is 22.7 Å². The van der Waals surface area contributed by atoms with Gasteiger partial charge in [-0.15, -0.1) is 0 Å². The first-order valence-corrected chi connectivity index (χ1v) is 9.08. The highest BCUT2D eigenvalue weighted by molar-refractivity contribution is 5.65. The molecule has 1 heterocycles. The zero-order valence-corrected chi connectivity index (χ0v) is 16.0. The Morgan fingerprint density at radius 1 is 0.897 bits per heavy atom. The maximum Gasteiger partial charge on any atom is 0.132 e. The molecular weight excluding hydrogens is 378 g/mol. The van der Waals surface area contributed by atoms with Crippen molar-refractivity contribution < 1.29 is 17.6 Å². The number of pyridine rings is 1. The lowest BCUT2D eigenvalue weighted by atomic mass is 10.0. The number of nitrogens with zero attached hydrogens (tertiary/aromatic N) is 1. The van der Waals surface area contributed by atoms with Crippen molar-refractivity contribution in [2.75, 3.05) is 0 Å². The largest absolute Gasteiger partial charge is 0.252 e. The van der Waals surface area contributed by atoms with Gasteiger partial charge >= 0.3 is 0 Å². The van der Waals surface area contributed by atoms with E-state index in [1.165, 1.54) is 0 Å². The van der Waals surface area contributed by atoms with Gasteiger partial charge in [-0.25, -0.2) is 17.6 Å². The number of benzene rings is 2. The minimum absolute atomic E-state index is 0.0975. The Balaban J connectivity index is 1.81. The van der Waals surface area contributed by atoms with Crippen LogP contribution in [0.5, 0.6) is 0 Å². The summed E-state index contributed by atoms with van der Waals surface area (Å²) in [6.45, 7) is 3.59. The van der Waals surface area contributed by atoms with Gasteiger partial charge in [0.15, 0.2) is 0 Å². The van der Waals surface area contributed by atoms with Gasteiger partial charge in [-0.2, -0.15) is 0 Å². The van der Waals surface area contributed by atoms with Crippen LogP contribution in [0.25, 0.3) is 16.8 Å². The van der Waals surface area contributed by atoms with E-state index in [1.54, 1.807) is 37.3 Å². The molecule has 0 aliphatic rings. The van der Waals surface area contributed by atoms with E-state index in [2.05, 4.69) is 4.98 Å². The average Bonchev–Trinajstić information content (AvgIpc) is 2.71. The first kappa shape index (κ1) is 20.5. The molecule has 0 saturated carbocycles. The number of hydrogen-bond acceptors (Lipinski definition) is 1. The van der Waals surface area contributed by atoms with Crippen LogP contribution >= 0.6 is 0 Å². The molecular formula is C24H19F4N. The minimum atomic E-state index is -0.546. The second-order valence-electron chi connectivity index (χ2n) is 6.72. The fourth-order valence-electron chi connectivity index (χ4n) is 2.90. The Kier molecular flexibility index (Phi) is 6.27. The molecule has 1 unspecified atom stereocenters. The predicted octanol–water partition coefficient (Wildman–Crippen LogP) is 7.07. The summed E-state index contributed by atoms with van der Waals surface area (Å²) in [5, 5.41) is 0. The smallest absolute Gasteiger partial charge is 0.132 e. The molecule has 3 rings (SSSR count). The molecule has 0 aliphatic heterocycles. The van der Waals surface area contributed by atoms with Crippen molar-refractivity contribution in [2.45, 2.75) is 19.8 Å². The molecule has 29 heavy (non-hydrogen) atoms. The summed E-state index contributed by atoms with van der Waals surface area (Å²) in [7, 11) is 0. The number of allylic oxidation sites excluding steroid dienone is 4. The van der Waals surface area contributed by atoms with Gasteiger partial charge in [-0.3, -0.25) is 4.98 Å². The summed E-state index contributed by atoms with van der Waals surface area (Å²) in [4.78, 5) is 4.44. The second-order valence-corrected chi connectivity index (χ2v) is 6.72. The van der Waals surface area contributed by atoms with Crippen LogP contribution in [0.3, 0.4) is 0 Å². The van der Waals surface area contributed by atoms with Crippen molar-refractivity contribution in [2.24, 2.45) is 0 Å². The zero-order chi connectivity index (χ0) is 21.0. The molecule has 0 radical (unpaired) electrons. The first-order chi connectivity index (χ1) is 13.8. The quantitative estimate of drug-likeness (QED) is 0.331. The van der Waals surface area contributed by atoms with Crippen LogP contribution in [0.2, 0.25) is 0 Å². The summed E-state index contributed by atoms with van der Waals surface area (Å²) in [5.74, 6) is -2.21. The van der Waals surface area contributed by atoms with Crippen molar-refractivity contribution in [3.8, 4) is 11.3 Å². The Labute approximate surface area is 167 Å². The highest BCUT2D eigenvalue weighted by Gasteiger charge is 2.11. The van der Waals surface area contributed by atoms with Crippen molar-refractivity contribution in [3.05, 3.63) is 107 Å². The number of rotatable bonds is 5. The molecule has 0 N–H and O–H groups in total. The maximum atomic E-state index is 14.0. The van der Waals surface area contributed by atoms with E-state index in [9.17, 15) is 17.6 Å². The summed E-state index contributed by atoms with van der Waals surface area (Å²) >= 11 is 0. The lowest BCUT2D eigenvalue weighted by Crippen LogP contribution is -1.97. The van der Waals surface area contributed by atoms with Gasteiger partial charge < -0.3 is 0 Å². The molecule has 0 amide bonds. The molecule has 148 valence electrons. The van der Waals surface area contributed by atoms with Crippen LogP contribution in [-0.4, -0.2) is 4.98 Å². The van der Waals surface area contributed by atoms with Gasteiger partial charge in [-0.1, -0.05) is 31.2 Å². The lowest BCUT2D eigenvalue weighted by molar-refractivity contribution is 0.597. The second kappa shape index (κ2) is 8.86. The molecule has 1 aromatic heterocycles. The highest BCUT2D eigenvalue weighted by Crippen LogP contribution is 2.25. The topological polar surface area (TPSA) is 12.9 Å². The van der Waals surface area contributed by atoms with Gasteiger partial charge in [0.05, 0.1) is 5.69 Å². The molecule has 3 aromatic rings. The van der Waals surface area contributed by atoms with E-state index in [0.717, 1.165) is 36.4 Å². The summed E-state index contributed by atoms with van der Waals surface area (Å²) < 4.78 is 54.7. The van der Waals surface area contributed by atoms with Crippen LogP contribution in [0.1, 0.15) is 31.0 Å². The van der Waals surface area contributed by atoms with Gasteiger partial charge in [0.25, 0.3) is 0 Å². The Morgan fingerprint density at radius 2 is 1.59 bits per heavy atom. The van der Waals surface area contributed by atoms with E-state index in [1.807, 2.05) is 13.0 Å². The third kappa shape index (κ3) is 4.99. The molecule has 1 atom stereocenters. The Hall–Kier alpha value is -3.21. The SMILES string of the molecule is C/C(=C\C=C/C(C)c1cccc(-c2cc(F)ccc2F)n1)c1cc(F)ccc1F. The third-order valence-electron chi connectivity index (χ3n) is 4.54. The van der Waals surface area contributed by atoms with Crippen LogP contribution < -0.4 is 0 Å². The molecule has 1 nitrogen and oxygen atoms in total.